The van der Waals surface area contributed by atoms with Gasteiger partial charge in [0.2, 0.25) is 0 Å². The molecule has 2 rings (SSSR count). The van der Waals surface area contributed by atoms with Gasteiger partial charge in [-0.1, -0.05) is 0 Å². The molecule has 0 bridgehead atoms. The molecule has 13 heteroatoms. The van der Waals surface area contributed by atoms with E-state index in [9.17, 15) is 29.5 Å². The topological polar surface area (TPSA) is 192 Å². The second kappa shape index (κ2) is 9.42. The van der Waals surface area contributed by atoms with Crippen LogP contribution in [-0.4, -0.2) is 81.7 Å². The summed E-state index contributed by atoms with van der Waals surface area (Å²) in [5.41, 5.74) is -1.41. The van der Waals surface area contributed by atoms with E-state index in [1.54, 1.807) is 6.92 Å². The predicted octanol–water partition coefficient (Wildman–Crippen LogP) is -2.51. The molecule has 1 heterocycles. The van der Waals surface area contributed by atoms with Crippen molar-refractivity contribution < 1.29 is 43.9 Å². The second-order valence-electron chi connectivity index (χ2n) is 6.28. The summed E-state index contributed by atoms with van der Waals surface area (Å²) < 4.78 is 26.6. The average molecular weight is 425 g/mol. The van der Waals surface area contributed by atoms with Crippen LogP contribution in [0.5, 0.6) is 5.75 Å². The minimum Gasteiger partial charge on any atom is -0.488 e. The highest BCUT2D eigenvalue weighted by molar-refractivity contribution is 7.51. The van der Waals surface area contributed by atoms with Crippen LogP contribution < -0.4 is 20.9 Å². The Morgan fingerprint density at radius 3 is 2.39 bits per heavy atom. The normalized spacial score (nSPS) is 28.4. The first kappa shape index (κ1) is 22.9. The van der Waals surface area contributed by atoms with Crippen LogP contribution in [0.25, 0.3) is 0 Å². The lowest BCUT2D eigenvalue weighted by Crippen LogP contribution is -2.58. The summed E-state index contributed by atoms with van der Waals surface area (Å²) in [4.78, 5) is 40.7. The lowest BCUT2D eigenvalue weighted by Gasteiger charge is -2.40. The highest BCUT2D eigenvalue weighted by Gasteiger charge is 2.44. The first-order valence-electron chi connectivity index (χ1n) is 8.62. The van der Waals surface area contributed by atoms with Crippen LogP contribution in [0, 0.1) is 0 Å². The number of hydrogen-bond donors (Lipinski definition) is 6. The van der Waals surface area contributed by atoms with E-state index in [-0.39, 0.29) is 37.6 Å². The van der Waals surface area contributed by atoms with Gasteiger partial charge in [0, 0.05) is 6.54 Å². The van der Waals surface area contributed by atoms with E-state index in [1.165, 1.54) is 0 Å². The fourth-order valence-corrected chi connectivity index (χ4v) is 3.34. The van der Waals surface area contributed by atoms with E-state index in [2.05, 4.69) is 5.32 Å². The van der Waals surface area contributed by atoms with Crippen LogP contribution in [0.15, 0.2) is 9.59 Å². The molecule has 5 unspecified atom stereocenters. The van der Waals surface area contributed by atoms with Crippen LogP contribution in [0.4, 0.5) is 5.69 Å². The zero-order valence-electron chi connectivity index (χ0n) is 15.1. The van der Waals surface area contributed by atoms with E-state index in [0.717, 1.165) is 0 Å². The van der Waals surface area contributed by atoms with Gasteiger partial charge in [-0.2, -0.15) is 0 Å². The maximum absolute atomic E-state index is 11.5. The Bertz CT molecular complexity index is 770. The summed E-state index contributed by atoms with van der Waals surface area (Å²) in [6.07, 6.45) is -8.11. The lowest BCUT2D eigenvalue weighted by atomic mass is 9.97. The third-order valence-corrected chi connectivity index (χ3v) is 5.06. The average Bonchev–Trinajstić information content (AvgIpc) is 2.64. The third kappa shape index (κ3) is 5.37. The Morgan fingerprint density at radius 1 is 1.11 bits per heavy atom. The zero-order valence-corrected chi connectivity index (χ0v) is 15.9. The highest BCUT2D eigenvalue weighted by atomic mass is 31.2. The molecule has 1 fully saturated rings. The van der Waals surface area contributed by atoms with Crippen molar-refractivity contribution in [2.45, 2.75) is 44.1 Å². The Morgan fingerprint density at radius 2 is 1.79 bits per heavy atom. The van der Waals surface area contributed by atoms with Gasteiger partial charge in [-0.25, -0.2) is 0 Å². The molecular weight excluding hydrogens is 401 g/mol. The van der Waals surface area contributed by atoms with Gasteiger partial charge in [0.15, 0.2) is 12.0 Å². The molecule has 28 heavy (non-hydrogen) atoms. The van der Waals surface area contributed by atoms with Crippen molar-refractivity contribution in [3.8, 4) is 5.75 Å². The van der Waals surface area contributed by atoms with Gasteiger partial charge in [-0.3, -0.25) is 14.2 Å². The van der Waals surface area contributed by atoms with Gasteiger partial charge in [0.1, 0.15) is 24.0 Å². The number of hydrogen-bond acceptors (Lipinski definition) is 10. The van der Waals surface area contributed by atoms with Crippen molar-refractivity contribution >= 4 is 13.3 Å². The summed E-state index contributed by atoms with van der Waals surface area (Å²) >= 11 is 0. The van der Waals surface area contributed by atoms with Crippen molar-refractivity contribution in [3.05, 3.63) is 20.4 Å². The number of nitrogens with one attached hydrogen (secondary N) is 1. The Labute approximate surface area is 159 Å². The molecule has 5 atom stereocenters. The predicted molar refractivity (Wildman–Crippen MR) is 95.2 cm³/mol. The van der Waals surface area contributed by atoms with Gasteiger partial charge in [-0.15, -0.1) is 0 Å². The number of aliphatic hydroxyl groups is 3. The summed E-state index contributed by atoms with van der Waals surface area (Å²) in [5.74, 6) is -0.0579. The zero-order chi connectivity index (χ0) is 21.1. The largest absolute Gasteiger partial charge is 0.488 e. The van der Waals surface area contributed by atoms with Crippen molar-refractivity contribution in [1.82, 2.24) is 0 Å². The molecule has 0 amide bonds. The minimum atomic E-state index is -4.33. The number of anilines is 1. The van der Waals surface area contributed by atoms with Gasteiger partial charge >= 0.3 is 7.60 Å². The molecule has 0 saturated carbocycles. The van der Waals surface area contributed by atoms with Gasteiger partial charge in [0.25, 0.3) is 10.9 Å². The van der Waals surface area contributed by atoms with Crippen LogP contribution in [0.1, 0.15) is 13.3 Å². The van der Waals surface area contributed by atoms with E-state index in [0.29, 0.717) is 0 Å². The summed E-state index contributed by atoms with van der Waals surface area (Å²) in [6.45, 7) is 1.81. The van der Waals surface area contributed by atoms with E-state index >= 15 is 0 Å². The van der Waals surface area contributed by atoms with Crippen LogP contribution >= 0.6 is 7.60 Å². The molecule has 12 nitrogen and oxygen atoms in total. The molecule has 0 aliphatic carbocycles. The quantitative estimate of drug-likeness (QED) is 0.131. The van der Waals surface area contributed by atoms with Gasteiger partial charge in [-0.05, 0) is 13.3 Å². The molecule has 1 saturated heterocycles. The first-order valence-corrected chi connectivity index (χ1v) is 10.4. The molecule has 160 valence electrons. The number of rotatable bonds is 10. The summed E-state index contributed by atoms with van der Waals surface area (Å²) in [6, 6.07) is 0. The summed E-state index contributed by atoms with van der Waals surface area (Å²) in [7, 11) is -4.33. The van der Waals surface area contributed by atoms with E-state index in [1.807, 2.05) is 0 Å². The molecule has 1 aromatic carbocycles. The van der Waals surface area contributed by atoms with Gasteiger partial charge in [0.05, 0.1) is 25.5 Å². The van der Waals surface area contributed by atoms with Crippen LogP contribution in [0.2, 0.25) is 0 Å². The molecule has 0 aromatic heterocycles. The second-order valence-corrected chi connectivity index (χ2v) is 8.06. The van der Waals surface area contributed by atoms with E-state index in [4.69, 9.17) is 24.0 Å². The maximum atomic E-state index is 11.5. The molecular formula is C15H24NO11P. The van der Waals surface area contributed by atoms with Gasteiger partial charge < -0.3 is 44.6 Å². The molecule has 1 aromatic rings. The van der Waals surface area contributed by atoms with Crippen molar-refractivity contribution in [1.29, 1.82) is 0 Å². The number of aliphatic hydroxyl groups excluding tert-OH is 3. The Balaban J connectivity index is 1.87. The molecule has 0 radical (unpaired) electrons. The first-order chi connectivity index (χ1) is 13.1. The monoisotopic (exact) mass is 425 g/mol. The molecule has 6 N–H and O–H groups in total. The smallest absolute Gasteiger partial charge is 0.325 e. The fourth-order valence-electron chi connectivity index (χ4n) is 2.75. The van der Waals surface area contributed by atoms with E-state index < -0.39 is 55.3 Å². The maximum Gasteiger partial charge on any atom is 0.325 e. The van der Waals surface area contributed by atoms with Crippen LogP contribution in [0.3, 0.4) is 0 Å². The third-order valence-electron chi connectivity index (χ3n) is 4.21. The highest BCUT2D eigenvalue weighted by Crippen LogP contribution is 2.37. The van der Waals surface area contributed by atoms with Crippen molar-refractivity contribution in [2.24, 2.45) is 0 Å². The van der Waals surface area contributed by atoms with Crippen molar-refractivity contribution in [3.63, 3.8) is 0 Å². The Kier molecular flexibility index (Phi) is 7.71. The Hall–Kier alpha value is -1.37. The molecule has 1 aliphatic heterocycles. The SMILES string of the molecule is CCOc1c(NCCOC2OC(CCP(=O)(O)O)C(O)C(O)C2O)c(=O)c1=O. The standard InChI is InChI=1S/C15H24NO11P/c1-2-25-14-8(10(18)12(14)20)16-4-5-26-15-13(21)11(19)9(17)7(27-15)3-6-28(22,23)24/h7,9,11,13,15-17,19,21H,2-6H2,1H3,(H2,22,23,24). The lowest BCUT2D eigenvalue weighted by molar-refractivity contribution is -0.295. The van der Waals surface area contributed by atoms with Crippen molar-refractivity contribution in [2.75, 3.05) is 31.2 Å². The number of ether oxygens (including phenoxy) is 3. The summed E-state index contributed by atoms with van der Waals surface area (Å²) in [5, 5.41) is 32.4. The fraction of sp³-hybridized carbons (Fsp3) is 0.733. The molecule has 0 spiro atoms. The van der Waals surface area contributed by atoms with Crippen LogP contribution in [-0.2, 0) is 14.0 Å². The molecule has 1 aliphatic rings. The minimum absolute atomic E-state index is 0.0236.